The van der Waals surface area contributed by atoms with Crippen LogP contribution in [0.4, 0.5) is 14.5 Å². The third-order valence-electron chi connectivity index (χ3n) is 2.72. The Labute approximate surface area is 119 Å². The first-order valence-electron chi connectivity index (χ1n) is 6.07. The van der Waals surface area contributed by atoms with Gasteiger partial charge in [-0.2, -0.15) is 8.78 Å². The Hall–Kier alpha value is -2.57. The molecule has 2 N–H and O–H groups in total. The van der Waals surface area contributed by atoms with E-state index < -0.39 is 12.6 Å². The molecule has 0 bridgehead atoms. The van der Waals surface area contributed by atoms with Gasteiger partial charge in [-0.1, -0.05) is 12.1 Å². The molecule has 0 amide bonds. The Morgan fingerprint density at radius 1 is 1.43 bits per heavy atom. The standard InChI is InChI=1S/C14H13F2NO4/c1-8-6-9(20-12(8)13(18)19)7-17-10-4-2-3-5-11(10)21-14(15)16/h2-6,14,17H,7H2,1H3,(H,18,19). The Morgan fingerprint density at radius 3 is 2.76 bits per heavy atom. The van der Waals surface area contributed by atoms with E-state index in [4.69, 9.17) is 9.52 Å². The van der Waals surface area contributed by atoms with Gasteiger partial charge in [-0.3, -0.25) is 0 Å². The van der Waals surface area contributed by atoms with Crippen molar-refractivity contribution >= 4 is 11.7 Å². The first-order chi connectivity index (χ1) is 9.97. The van der Waals surface area contributed by atoms with Crippen LogP contribution in [0.1, 0.15) is 21.9 Å². The smallest absolute Gasteiger partial charge is 0.387 e. The maximum Gasteiger partial charge on any atom is 0.387 e. The SMILES string of the molecule is Cc1cc(CNc2ccccc2OC(F)F)oc1C(=O)O. The molecule has 2 rings (SSSR count). The molecule has 1 heterocycles. The number of para-hydroxylation sites is 2. The highest BCUT2D eigenvalue weighted by atomic mass is 19.3. The van der Waals surface area contributed by atoms with Crippen LogP contribution in [-0.2, 0) is 6.54 Å². The molecule has 1 aromatic carbocycles. The summed E-state index contributed by atoms with van der Waals surface area (Å²) in [4.78, 5) is 10.9. The van der Waals surface area contributed by atoms with Crippen LogP contribution in [0.5, 0.6) is 5.75 Å². The molecule has 112 valence electrons. The number of anilines is 1. The van der Waals surface area contributed by atoms with Gasteiger partial charge in [0.05, 0.1) is 12.2 Å². The highest BCUT2D eigenvalue weighted by Gasteiger charge is 2.15. The number of carboxylic acids is 1. The van der Waals surface area contributed by atoms with Gasteiger partial charge in [0, 0.05) is 5.56 Å². The van der Waals surface area contributed by atoms with Gasteiger partial charge in [0.15, 0.2) is 0 Å². The highest BCUT2D eigenvalue weighted by molar-refractivity contribution is 5.86. The summed E-state index contributed by atoms with van der Waals surface area (Å²) in [6.45, 7) is -1.15. The minimum atomic E-state index is -2.92. The number of carboxylic acid groups (broad SMARTS) is 1. The second kappa shape index (κ2) is 6.25. The lowest BCUT2D eigenvalue weighted by molar-refractivity contribution is -0.0493. The molecule has 21 heavy (non-hydrogen) atoms. The van der Waals surface area contributed by atoms with Crippen molar-refractivity contribution in [3.63, 3.8) is 0 Å². The van der Waals surface area contributed by atoms with Crippen LogP contribution >= 0.6 is 0 Å². The molecule has 1 aromatic heterocycles. The predicted octanol–water partition coefficient (Wildman–Crippen LogP) is 3.50. The Balaban J connectivity index is 2.09. The highest BCUT2D eigenvalue weighted by Crippen LogP contribution is 2.26. The van der Waals surface area contributed by atoms with E-state index in [1.807, 2.05) is 0 Å². The molecule has 0 atom stereocenters. The lowest BCUT2D eigenvalue weighted by Crippen LogP contribution is -2.06. The van der Waals surface area contributed by atoms with Crippen LogP contribution in [0.3, 0.4) is 0 Å². The van der Waals surface area contributed by atoms with E-state index in [2.05, 4.69) is 10.1 Å². The Bertz CT molecular complexity index is 640. The summed E-state index contributed by atoms with van der Waals surface area (Å²) in [5.41, 5.74) is 0.861. The zero-order valence-corrected chi connectivity index (χ0v) is 11.1. The van der Waals surface area contributed by atoms with E-state index in [1.54, 1.807) is 31.2 Å². The van der Waals surface area contributed by atoms with Crippen molar-refractivity contribution in [2.45, 2.75) is 20.1 Å². The minimum absolute atomic E-state index is 0.00855. The number of alkyl halides is 2. The fourth-order valence-corrected chi connectivity index (χ4v) is 1.84. The molecule has 2 aromatic rings. The molecule has 0 unspecified atom stereocenters. The van der Waals surface area contributed by atoms with Gasteiger partial charge in [0.1, 0.15) is 11.5 Å². The molecule has 0 spiro atoms. The summed E-state index contributed by atoms with van der Waals surface area (Å²) >= 11 is 0. The molecule has 0 saturated carbocycles. The van der Waals surface area contributed by atoms with Gasteiger partial charge in [-0.25, -0.2) is 4.79 Å². The van der Waals surface area contributed by atoms with E-state index >= 15 is 0 Å². The van der Waals surface area contributed by atoms with Gasteiger partial charge in [0.25, 0.3) is 0 Å². The number of aromatic carboxylic acids is 1. The van der Waals surface area contributed by atoms with E-state index in [9.17, 15) is 13.6 Å². The van der Waals surface area contributed by atoms with Crippen molar-refractivity contribution in [3.05, 3.63) is 47.4 Å². The summed E-state index contributed by atoms with van der Waals surface area (Å²) in [5, 5.41) is 11.8. The van der Waals surface area contributed by atoms with Crippen LogP contribution in [0.15, 0.2) is 34.7 Å². The van der Waals surface area contributed by atoms with E-state index in [-0.39, 0.29) is 18.1 Å². The first-order valence-corrected chi connectivity index (χ1v) is 6.07. The van der Waals surface area contributed by atoms with E-state index in [0.717, 1.165) is 0 Å². The lowest BCUT2D eigenvalue weighted by atomic mass is 10.2. The third-order valence-corrected chi connectivity index (χ3v) is 2.72. The van der Waals surface area contributed by atoms with Crippen molar-refractivity contribution in [1.29, 1.82) is 0 Å². The average molecular weight is 297 g/mol. The first kappa shape index (κ1) is 14.8. The van der Waals surface area contributed by atoms with Crippen LogP contribution in [-0.4, -0.2) is 17.7 Å². The second-order valence-corrected chi connectivity index (χ2v) is 4.26. The fourth-order valence-electron chi connectivity index (χ4n) is 1.84. The number of ether oxygens (including phenoxy) is 1. The number of carbonyl (C=O) groups is 1. The second-order valence-electron chi connectivity index (χ2n) is 4.26. The zero-order chi connectivity index (χ0) is 15.4. The molecule has 0 aliphatic heterocycles. The molecule has 0 radical (unpaired) electrons. The lowest BCUT2D eigenvalue weighted by Gasteiger charge is -2.11. The quantitative estimate of drug-likeness (QED) is 0.853. The zero-order valence-electron chi connectivity index (χ0n) is 11.1. The maximum atomic E-state index is 12.3. The average Bonchev–Trinajstić information content (AvgIpc) is 2.78. The summed E-state index contributed by atoms with van der Waals surface area (Å²) in [6.07, 6.45) is 0. The Kier molecular flexibility index (Phi) is 4.42. The summed E-state index contributed by atoms with van der Waals surface area (Å²) in [7, 11) is 0. The summed E-state index contributed by atoms with van der Waals surface area (Å²) < 4.78 is 34.1. The minimum Gasteiger partial charge on any atom is -0.475 e. The Morgan fingerprint density at radius 2 is 2.14 bits per heavy atom. The largest absolute Gasteiger partial charge is 0.475 e. The van der Waals surface area contributed by atoms with Crippen molar-refractivity contribution in [2.24, 2.45) is 0 Å². The van der Waals surface area contributed by atoms with Crippen molar-refractivity contribution in [1.82, 2.24) is 0 Å². The third kappa shape index (κ3) is 3.71. The van der Waals surface area contributed by atoms with Crippen LogP contribution in [0.25, 0.3) is 0 Å². The number of halogens is 2. The number of hydrogen-bond donors (Lipinski definition) is 2. The molecule has 0 fully saturated rings. The summed E-state index contributed by atoms with van der Waals surface area (Å²) in [6, 6.07) is 7.79. The van der Waals surface area contributed by atoms with Gasteiger partial charge in [-0.15, -0.1) is 0 Å². The fraction of sp³-hybridized carbons (Fsp3) is 0.214. The van der Waals surface area contributed by atoms with E-state index in [1.165, 1.54) is 6.07 Å². The molecule has 0 saturated heterocycles. The van der Waals surface area contributed by atoms with Gasteiger partial charge < -0.3 is 19.6 Å². The topological polar surface area (TPSA) is 71.7 Å². The van der Waals surface area contributed by atoms with Gasteiger partial charge >= 0.3 is 12.6 Å². The molecule has 5 nitrogen and oxygen atoms in total. The number of hydrogen-bond acceptors (Lipinski definition) is 4. The van der Waals surface area contributed by atoms with Crippen LogP contribution < -0.4 is 10.1 Å². The molecule has 7 heteroatoms. The van der Waals surface area contributed by atoms with Crippen molar-refractivity contribution < 1.29 is 27.8 Å². The number of benzene rings is 1. The number of furan rings is 1. The number of nitrogens with one attached hydrogen (secondary N) is 1. The molecular weight excluding hydrogens is 284 g/mol. The van der Waals surface area contributed by atoms with Gasteiger partial charge in [0.2, 0.25) is 5.76 Å². The molecule has 0 aliphatic carbocycles. The maximum absolute atomic E-state index is 12.3. The van der Waals surface area contributed by atoms with Crippen molar-refractivity contribution in [2.75, 3.05) is 5.32 Å². The molecular formula is C14H13F2NO4. The van der Waals surface area contributed by atoms with Crippen molar-refractivity contribution in [3.8, 4) is 5.75 Å². The van der Waals surface area contributed by atoms with E-state index in [0.29, 0.717) is 17.0 Å². The number of aryl methyl sites for hydroxylation is 1. The van der Waals surface area contributed by atoms with Crippen LogP contribution in [0.2, 0.25) is 0 Å². The number of rotatable bonds is 6. The van der Waals surface area contributed by atoms with Gasteiger partial charge in [-0.05, 0) is 25.1 Å². The van der Waals surface area contributed by atoms with Crippen LogP contribution in [0, 0.1) is 6.92 Å². The predicted molar refractivity (Wildman–Crippen MR) is 70.8 cm³/mol. The normalized spacial score (nSPS) is 10.7. The summed E-state index contributed by atoms with van der Waals surface area (Å²) in [5.74, 6) is -0.893. The monoisotopic (exact) mass is 297 g/mol. The molecule has 0 aliphatic rings.